The number of aryl methyl sites for hydroxylation is 1. The summed E-state index contributed by atoms with van der Waals surface area (Å²) >= 11 is 1.30. The van der Waals surface area contributed by atoms with Crippen molar-refractivity contribution in [3.8, 4) is 11.4 Å². The van der Waals surface area contributed by atoms with Crippen LogP contribution in [0.1, 0.15) is 43.9 Å². The molecule has 3 aromatic rings. The molecule has 29 heavy (non-hydrogen) atoms. The summed E-state index contributed by atoms with van der Waals surface area (Å²) in [5.74, 6) is 6.73. The third-order valence-corrected chi connectivity index (χ3v) is 5.78. The number of amides is 1. The largest absolute Gasteiger partial charge is 0.348 e. The number of hydrogen-bond acceptors (Lipinski definition) is 5. The molecule has 0 bridgehead atoms. The van der Waals surface area contributed by atoms with E-state index in [0.717, 1.165) is 29.5 Å². The maximum atomic E-state index is 12.8. The third kappa shape index (κ3) is 5.17. The molecule has 0 saturated heterocycles. The Bertz CT molecular complexity index is 940. The molecule has 2 atom stereocenters. The van der Waals surface area contributed by atoms with Crippen molar-refractivity contribution in [1.82, 2.24) is 20.2 Å². The van der Waals surface area contributed by atoms with Crippen molar-refractivity contribution in [2.75, 3.05) is 5.84 Å². The minimum atomic E-state index is -0.351. The molecule has 3 N–H and O–H groups in total. The number of carbonyl (C=O) groups excluding carboxylic acids is 1. The van der Waals surface area contributed by atoms with Gasteiger partial charge in [-0.05, 0) is 25.8 Å². The highest BCUT2D eigenvalue weighted by Gasteiger charge is 2.22. The number of rotatable bonds is 8. The number of benzene rings is 2. The maximum absolute atomic E-state index is 12.8. The summed E-state index contributed by atoms with van der Waals surface area (Å²) in [5, 5.41) is 11.7. The monoisotopic (exact) mass is 409 g/mol. The average Bonchev–Trinajstić information content (AvgIpc) is 3.09. The lowest BCUT2D eigenvalue weighted by atomic mass is 10.0. The van der Waals surface area contributed by atoms with Crippen molar-refractivity contribution < 1.29 is 4.79 Å². The Morgan fingerprint density at radius 1 is 1.14 bits per heavy atom. The number of nitrogen functional groups attached to an aromatic ring is 1. The van der Waals surface area contributed by atoms with Crippen molar-refractivity contribution in [3.63, 3.8) is 0 Å². The molecular weight excluding hydrogens is 382 g/mol. The number of nitrogens with one attached hydrogen (secondary N) is 1. The zero-order valence-electron chi connectivity index (χ0n) is 17.0. The number of hydrogen-bond donors (Lipinski definition) is 2. The molecule has 2 unspecified atom stereocenters. The van der Waals surface area contributed by atoms with Gasteiger partial charge in [-0.25, -0.2) is 4.68 Å². The van der Waals surface area contributed by atoms with Crippen molar-refractivity contribution in [3.05, 3.63) is 65.7 Å². The Kier molecular flexibility index (Phi) is 6.93. The van der Waals surface area contributed by atoms with Crippen LogP contribution in [-0.4, -0.2) is 26.0 Å². The van der Waals surface area contributed by atoms with E-state index in [-0.39, 0.29) is 17.2 Å². The van der Waals surface area contributed by atoms with E-state index in [9.17, 15) is 4.79 Å². The standard InChI is InChI=1S/C22H27N5OS/c1-4-8-19(17-9-6-5-7-10-17)24-21(28)16(3)29-22-26-25-20(27(22)23)18-13-11-15(2)12-14-18/h5-7,9-14,16,19H,4,8,23H2,1-3H3,(H,24,28). The molecule has 0 aliphatic heterocycles. The molecule has 0 saturated carbocycles. The van der Waals surface area contributed by atoms with E-state index in [4.69, 9.17) is 5.84 Å². The van der Waals surface area contributed by atoms with Crippen molar-refractivity contribution in [1.29, 1.82) is 0 Å². The lowest BCUT2D eigenvalue weighted by Gasteiger charge is -2.20. The predicted molar refractivity (Wildman–Crippen MR) is 118 cm³/mol. The van der Waals surface area contributed by atoms with Crippen LogP contribution in [0, 0.1) is 6.92 Å². The number of nitrogens with two attached hydrogens (primary N) is 1. The number of nitrogens with zero attached hydrogens (tertiary/aromatic N) is 3. The zero-order valence-corrected chi connectivity index (χ0v) is 17.8. The molecule has 3 rings (SSSR count). The normalized spacial score (nSPS) is 13.1. The van der Waals surface area contributed by atoms with Gasteiger partial charge in [-0.1, -0.05) is 85.3 Å². The molecule has 6 nitrogen and oxygen atoms in total. The lowest BCUT2D eigenvalue weighted by molar-refractivity contribution is -0.121. The van der Waals surface area contributed by atoms with E-state index in [1.54, 1.807) is 0 Å². The van der Waals surface area contributed by atoms with Gasteiger partial charge in [0.1, 0.15) is 0 Å². The van der Waals surface area contributed by atoms with Gasteiger partial charge in [0.05, 0.1) is 11.3 Å². The smallest absolute Gasteiger partial charge is 0.233 e. The first kappa shape index (κ1) is 20.9. The van der Waals surface area contributed by atoms with Crippen LogP contribution in [0.4, 0.5) is 0 Å². The predicted octanol–water partition coefficient (Wildman–Crippen LogP) is 4.11. The fourth-order valence-electron chi connectivity index (χ4n) is 3.05. The molecule has 0 radical (unpaired) electrons. The van der Waals surface area contributed by atoms with Crippen LogP contribution in [0.25, 0.3) is 11.4 Å². The molecule has 7 heteroatoms. The van der Waals surface area contributed by atoms with Crippen molar-refractivity contribution in [2.24, 2.45) is 0 Å². The van der Waals surface area contributed by atoms with Crippen LogP contribution in [0.5, 0.6) is 0 Å². The minimum Gasteiger partial charge on any atom is -0.348 e. The Morgan fingerprint density at radius 3 is 2.48 bits per heavy atom. The summed E-state index contributed by atoms with van der Waals surface area (Å²) in [6, 6.07) is 18.0. The molecule has 1 aromatic heterocycles. The maximum Gasteiger partial charge on any atom is 0.233 e. The van der Waals surface area contributed by atoms with Gasteiger partial charge in [0.25, 0.3) is 0 Å². The van der Waals surface area contributed by atoms with E-state index in [1.807, 2.05) is 68.4 Å². The summed E-state index contributed by atoms with van der Waals surface area (Å²) in [6.45, 7) is 6.00. The first-order valence-electron chi connectivity index (χ1n) is 9.79. The molecule has 152 valence electrons. The minimum absolute atomic E-state index is 0.00406. The second kappa shape index (κ2) is 9.60. The van der Waals surface area contributed by atoms with Gasteiger partial charge in [-0.3, -0.25) is 4.79 Å². The Labute approximate surface area is 175 Å². The van der Waals surface area contributed by atoms with Gasteiger partial charge < -0.3 is 11.2 Å². The third-order valence-electron chi connectivity index (χ3n) is 4.72. The van der Waals surface area contributed by atoms with E-state index < -0.39 is 0 Å². The van der Waals surface area contributed by atoms with Gasteiger partial charge in [0.2, 0.25) is 11.1 Å². The van der Waals surface area contributed by atoms with E-state index >= 15 is 0 Å². The van der Waals surface area contributed by atoms with Gasteiger partial charge in [-0.15, -0.1) is 10.2 Å². The van der Waals surface area contributed by atoms with Crippen molar-refractivity contribution in [2.45, 2.75) is 50.1 Å². The summed E-state index contributed by atoms with van der Waals surface area (Å²) in [5.41, 5.74) is 3.17. The number of thioether (sulfide) groups is 1. The molecule has 0 aliphatic carbocycles. The SMILES string of the molecule is CCCC(NC(=O)C(C)Sc1nnc(-c2ccc(C)cc2)n1N)c1ccccc1. The summed E-state index contributed by atoms with van der Waals surface area (Å²) in [7, 11) is 0. The highest BCUT2D eigenvalue weighted by Crippen LogP contribution is 2.26. The van der Waals surface area contributed by atoms with Crippen molar-refractivity contribution >= 4 is 17.7 Å². The Hall–Kier alpha value is -2.80. The molecule has 2 aromatic carbocycles. The van der Waals surface area contributed by atoms with E-state index in [1.165, 1.54) is 16.4 Å². The van der Waals surface area contributed by atoms with E-state index in [2.05, 4.69) is 22.4 Å². The summed E-state index contributed by atoms with van der Waals surface area (Å²) in [4.78, 5) is 12.8. The van der Waals surface area contributed by atoms with Crippen LogP contribution in [0.15, 0.2) is 59.8 Å². The first-order chi connectivity index (χ1) is 14.0. The quantitative estimate of drug-likeness (QED) is 0.432. The molecule has 0 fully saturated rings. The molecule has 0 aliphatic rings. The molecule has 0 spiro atoms. The van der Waals surface area contributed by atoms with Crippen LogP contribution >= 0.6 is 11.8 Å². The highest BCUT2D eigenvalue weighted by atomic mass is 32.2. The second-order valence-electron chi connectivity index (χ2n) is 7.06. The molecule has 1 heterocycles. The fraction of sp³-hybridized carbons (Fsp3) is 0.318. The number of carbonyl (C=O) groups is 1. The molecule has 1 amide bonds. The van der Waals surface area contributed by atoms with Gasteiger partial charge >= 0.3 is 0 Å². The van der Waals surface area contributed by atoms with Crippen LogP contribution in [0.2, 0.25) is 0 Å². The average molecular weight is 410 g/mol. The summed E-state index contributed by atoms with van der Waals surface area (Å²) in [6.07, 6.45) is 1.87. The van der Waals surface area contributed by atoms with Crippen LogP contribution in [-0.2, 0) is 4.79 Å². The van der Waals surface area contributed by atoms with Gasteiger partial charge in [-0.2, -0.15) is 0 Å². The first-order valence-corrected chi connectivity index (χ1v) is 10.7. The second-order valence-corrected chi connectivity index (χ2v) is 8.37. The highest BCUT2D eigenvalue weighted by molar-refractivity contribution is 8.00. The lowest BCUT2D eigenvalue weighted by Crippen LogP contribution is -2.34. The van der Waals surface area contributed by atoms with Gasteiger partial charge in [0.15, 0.2) is 5.82 Å². The zero-order chi connectivity index (χ0) is 20.8. The van der Waals surface area contributed by atoms with Crippen LogP contribution in [0.3, 0.4) is 0 Å². The summed E-state index contributed by atoms with van der Waals surface area (Å²) < 4.78 is 1.44. The molecular formula is C22H27N5OS. The Balaban J connectivity index is 1.68. The van der Waals surface area contributed by atoms with Gasteiger partial charge in [0, 0.05) is 5.56 Å². The fourth-order valence-corrected chi connectivity index (χ4v) is 3.83. The van der Waals surface area contributed by atoms with E-state index in [0.29, 0.717) is 11.0 Å². The van der Waals surface area contributed by atoms with Crippen LogP contribution < -0.4 is 11.2 Å². The number of aromatic nitrogens is 3. The topological polar surface area (TPSA) is 85.8 Å². The Morgan fingerprint density at radius 2 is 1.83 bits per heavy atom.